The lowest BCUT2D eigenvalue weighted by atomic mass is 10.4. The highest BCUT2D eigenvalue weighted by Crippen LogP contribution is 2.20. The van der Waals surface area contributed by atoms with Crippen molar-refractivity contribution in [2.75, 3.05) is 32.7 Å². The minimum Gasteiger partial charge on any atom is -0.477 e. The smallest absolute Gasteiger partial charge is 0.352 e. The summed E-state index contributed by atoms with van der Waals surface area (Å²) in [6.07, 6.45) is 6.56. The summed E-state index contributed by atoms with van der Waals surface area (Å²) in [5.74, 6) is 1.38. The van der Waals surface area contributed by atoms with Gasteiger partial charge in [-0.3, -0.25) is 4.90 Å². The van der Waals surface area contributed by atoms with Crippen molar-refractivity contribution in [3.8, 4) is 12.3 Å². The van der Waals surface area contributed by atoms with Gasteiger partial charge in [-0.05, 0) is 6.07 Å². The first-order valence-corrected chi connectivity index (χ1v) is 7.86. The third kappa shape index (κ3) is 3.10. The van der Waals surface area contributed by atoms with Gasteiger partial charge in [-0.2, -0.15) is 4.31 Å². The second-order valence-corrected chi connectivity index (χ2v) is 6.80. The third-order valence-electron chi connectivity index (χ3n) is 3.48. The lowest BCUT2D eigenvalue weighted by Crippen LogP contribution is -2.48. The number of hydrogen-bond acceptors (Lipinski definition) is 4. The first kappa shape index (κ1) is 15.6. The summed E-state index contributed by atoms with van der Waals surface area (Å²) in [6, 6.07) is 1.19. The predicted octanol–water partition coefficient (Wildman–Crippen LogP) is -0.337. The van der Waals surface area contributed by atoms with E-state index in [1.165, 1.54) is 28.2 Å². The molecule has 0 unspecified atom stereocenters. The molecule has 0 amide bonds. The van der Waals surface area contributed by atoms with E-state index in [4.69, 9.17) is 11.5 Å². The van der Waals surface area contributed by atoms with Crippen molar-refractivity contribution in [2.24, 2.45) is 7.05 Å². The zero-order chi connectivity index (χ0) is 15.6. The summed E-state index contributed by atoms with van der Waals surface area (Å²) in [6.45, 7) is 2.34. The van der Waals surface area contributed by atoms with Crippen LogP contribution in [0.5, 0.6) is 0 Å². The van der Waals surface area contributed by atoms with Crippen molar-refractivity contribution in [1.29, 1.82) is 0 Å². The van der Waals surface area contributed by atoms with Crippen LogP contribution < -0.4 is 0 Å². The van der Waals surface area contributed by atoms with Crippen LogP contribution in [0.2, 0.25) is 0 Å². The molecule has 1 aliphatic heterocycles. The molecule has 1 aromatic heterocycles. The summed E-state index contributed by atoms with van der Waals surface area (Å²) < 4.78 is 27.7. The van der Waals surface area contributed by atoms with Crippen LogP contribution in [0.25, 0.3) is 0 Å². The average Bonchev–Trinajstić information content (AvgIpc) is 2.83. The molecular weight excluding hydrogens is 294 g/mol. The summed E-state index contributed by atoms with van der Waals surface area (Å²) in [5.41, 5.74) is -0.0560. The number of carboxylic acids is 1. The molecule has 0 radical (unpaired) electrons. The van der Waals surface area contributed by atoms with Crippen molar-refractivity contribution >= 4 is 16.0 Å². The molecule has 21 heavy (non-hydrogen) atoms. The van der Waals surface area contributed by atoms with Gasteiger partial charge in [0.05, 0.1) is 6.54 Å². The highest BCUT2D eigenvalue weighted by atomic mass is 32.2. The van der Waals surface area contributed by atoms with Gasteiger partial charge in [0.1, 0.15) is 10.6 Å². The number of aryl methyl sites for hydroxylation is 1. The van der Waals surface area contributed by atoms with Gasteiger partial charge in [0.25, 0.3) is 0 Å². The van der Waals surface area contributed by atoms with Crippen molar-refractivity contribution in [2.45, 2.75) is 4.90 Å². The standard InChI is InChI=1S/C13H17N3O4S/c1-3-4-15-5-7-16(8-6-15)21(19,20)11-9-12(13(17)18)14(2)10-11/h1,9-10H,4-8H2,2H3,(H,17,18). The molecular formula is C13H17N3O4S. The topological polar surface area (TPSA) is 82.8 Å². The Morgan fingerprint density at radius 2 is 2.00 bits per heavy atom. The van der Waals surface area contributed by atoms with E-state index in [2.05, 4.69) is 5.92 Å². The molecule has 2 rings (SSSR count). The van der Waals surface area contributed by atoms with E-state index in [0.717, 1.165) is 0 Å². The monoisotopic (exact) mass is 311 g/mol. The maximum atomic E-state index is 12.5. The molecule has 1 aromatic rings. The first-order chi connectivity index (χ1) is 9.86. The second-order valence-electron chi connectivity index (χ2n) is 4.86. The summed E-state index contributed by atoms with van der Waals surface area (Å²) >= 11 is 0. The molecule has 7 nitrogen and oxygen atoms in total. The minimum atomic E-state index is -3.66. The minimum absolute atomic E-state index is 0.00722. The van der Waals surface area contributed by atoms with E-state index in [0.29, 0.717) is 32.7 Å². The number of piperazine rings is 1. The number of carbonyl (C=O) groups is 1. The molecule has 0 bridgehead atoms. The van der Waals surface area contributed by atoms with Crippen molar-refractivity contribution < 1.29 is 18.3 Å². The molecule has 0 aromatic carbocycles. The zero-order valence-electron chi connectivity index (χ0n) is 11.7. The van der Waals surface area contributed by atoms with Crippen LogP contribution in [0.3, 0.4) is 0 Å². The number of aromatic nitrogens is 1. The summed E-state index contributed by atoms with van der Waals surface area (Å²) in [4.78, 5) is 13.0. The van der Waals surface area contributed by atoms with Crippen molar-refractivity contribution in [3.63, 3.8) is 0 Å². The van der Waals surface area contributed by atoms with Gasteiger partial charge >= 0.3 is 5.97 Å². The lowest BCUT2D eigenvalue weighted by molar-refractivity contribution is 0.0686. The molecule has 1 N–H and O–H groups in total. The Labute approximate surface area is 123 Å². The summed E-state index contributed by atoms with van der Waals surface area (Å²) in [7, 11) is -2.16. The number of aromatic carboxylic acids is 1. The van der Waals surface area contributed by atoms with Crippen molar-refractivity contribution in [1.82, 2.24) is 13.8 Å². The second kappa shape index (κ2) is 5.89. The first-order valence-electron chi connectivity index (χ1n) is 6.42. The lowest BCUT2D eigenvalue weighted by Gasteiger charge is -2.32. The Morgan fingerprint density at radius 3 is 2.48 bits per heavy atom. The van der Waals surface area contributed by atoms with E-state index >= 15 is 0 Å². The molecule has 0 atom stereocenters. The number of hydrogen-bond donors (Lipinski definition) is 1. The maximum Gasteiger partial charge on any atom is 0.352 e. The van der Waals surface area contributed by atoms with Crippen LogP contribution >= 0.6 is 0 Å². The SMILES string of the molecule is C#CCN1CCN(S(=O)(=O)c2cc(C(=O)O)n(C)c2)CC1. The third-order valence-corrected chi connectivity index (χ3v) is 5.35. The normalized spacial score (nSPS) is 17.5. The molecule has 0 spiro atoms. The predicted molar refractivity (Wildman–Crippen MR) is 76.4 cm³/mol. The molecule has 1 fully saturated rings. The van der Waals surface area contributed by atoms with E-state index in [-0.39, 0.29) is 10.6 Å². The van der Waals surface area contributed by atoms with Gasteiger partial charge in [0.15, 0.2) is 0 Å². The number of sulfonamides is 1. The van der Waals surface area contributed by atoms with Gasteiger partial charge in [0, 0.05) is 39.4 Å². The van der Waals surface area contributed by atoms with E-state index in [1.807, 2.05) is 4.90 Å². The highest BCUT2D eigenvalue weighted by Gasteiger charge is 2.30. The van der Waals surface area contributed by atoms with E-state index < -0.39 is 16.0 Å². The molecule has 0 saturated carbocycles. The van der Waals surface area contributed by atoms with Crippen LogP contribution in [-0.2, 0) is 17.1 Å². The van der Waals surface area contributed by atoms with Gasteiger partial charge in [0.2, 0.25) is 10.0 Å². The van der Waals surface area contributed by atoms with Gasteiger partial charge in [-0.15, -0.1) is 6.42 Å². The van der Waals surface area contributed by atoms with Crippen LogP contribution in [-0.4, -0.2) is 66.0 Å². The van der Waals surface area contributed by atoms with E-state index in [9.17, 15) is 13.2 Å². The maximum absolute atomic E-state index is 12.5. The quantitative estimate of drug-likeness (QED) is 0.770. The van der Waals surface area contributed by atoms with Crippen LogP contribution in [0.4, 0.5) is 0 Å². The Hall–Kier alpha value is -1.82. The summed E-state index contributed by atoms with van der Waals surface area (Å²) in [5, 5.41) is 8.99. The fourth-order valence-corrected chi connectivity index (χ4v) is 3.79. The van der Waals surface area contributed by atoms with Crippen molar-refractivity contribution in [3.05, 3.63) is 18.0 Å². The van der Waals surface area contributed by atoms with Gasteiger partial charge in [-0.1, -0.05) is 5.92 Å². The number of terminal acetylenes is 1. The number of nitrogens with zero attached hydrogens (tertiary/aromatic N) is 3. The van der Waals surface area contributed by atoms with Crippen LogP contribution in [0.15, 0.2) is 17.2 Å². The molecule has 114 valence electrons. The van der Waals surface area contributed by atoms with Gasteiger partial charge in [-0.25, -0.2) is 13.2 Å². The molecule has 0 aliphatic carbocycles. The zero-order valence-corrected chi connectivity index (χ0v) is 12.5. The average molecular weight is 311 g/mol. The van der Waals surface area contributed by atoms with Gasteiger partial charge < -0.3 is 9.67 Å². The Kier molecular flexibility index (Phi) is 4.37. The fraction of sp³-hybridized carbons (Fsp3) is 0.462. The Balaban J connectivity index is 2.18. The number of carboxylic acid groups (broad SMARTS) is 1. The Morgan fingerprint density at radius 1 is 1.38 bits per heavy atom. The largest absolute Gasteiger partial charge is 0.477 e. The number of rotatable bonds is 4. The fourth-order valence-electron chi connectivity index (χ4n) is 2.29. The molecule has 8 heteroatoms. The highest BCUT2D eigenvalue weighted by molar-refractivity contribution is 7.89. The van der Waals surface area contributed by atoms with Crippen LogP contribution in [0.1, 0.15) is 10.5 Å². The molecule has 2 heterocycles. The van der Waals surface area contributed by atoms with Crippen LogP contribution in [0, 0.1) is 12.3 Å². The molecule has 1 saturated heterocycles. The molecule has 1 aliphatic rings. The van der Waals surface area contributed by atoms with E-state index in [1.54, 1.807) is 0 Å². The Bertz CT molecular complexity index is 679.